The highest BCUT2D eigenvalue weighted by Crippen LogP contribution is 2.27. The summed E-state index contributed by atoms with van der Waals surface area (Å²) in [6, 6.07) is 0. The molecule has 0 amide bonds. The highest BCUT2D eigenvalue weighted by atomic mass is 16.3. The molecule has 3 nitrogen and oxygen atoms in total. The number of hydrogen-bond donors (Lipinski definition) is 2. The average Bonchev–Trinajstić information content (AvgIpc) is 2.15. The third-order valence-electron chi connectivity index (χ3n) is 3.08. The van der Waals surface area contributed by atoms with Crippen molar-refractivity contribution in [2.24, 2.45) is 5.92 Å². The maximum absolute atomic E-state index is 9.21. The van der Waals surface area contributed by atoms with Gasteiger partial charge < -0.3 is 15.3 Å². The summed E-state index contributed by atoms with van der Waals surface area (Å²) in [5, 5.41) is 12.6. The minimum absolute atomic E-state index is 0.0344. The number of likely N-dealkylation sites (N-methyl/N-ethyl adjacent to an activating group) is 1. The molecule has 0 aromatic carbocycles. The van der Waals surface area contributed by atoms with E-state index in [0.717, 1.165) is 39.0 Å². The Morgan fingerprint density at radius 1 is 1.50 bits per heavy atom. The zero-order chi connectivity index (χ0) is 12.0. The van der Waals surface area contributed by atoms with Gasteiger partial charge in [0.15, 0.2) is 0 Å². The summed E-state index contributed by atoms with van der Waals surface area (Å²) in [6.07, 6.45) is 3.09. The van der Waals surface area contributed by atoms with E-state index in [1.807, 2.05) is 0 Å². The van der Waals surface area contributed by atoms with Gasteiger partial charge in [-0.1, -0.05) is 13.5 Å². The van der Waals surface area contributed by atoms with Gasteiger partial charge >= 0.3 is 0 Å². The first-order chi connectivity index (χ1) is 7.61. The molecule has 1 rings (SSSR count). The Labute approximate surface area is 99.5 Å². The van der Waals surface area contributed by atoms with Gasteiger partial charge in [-0.25, -0.2) is 0 Å². The molecule has 0 radical (unpaired) electrons. The van der Waals surface area contributed by atoms with Crippen LogP contribution in [0.1, 0.15) is 26.2 Å². The van der Waals surface area contributed by atoms with Crippen molar-refractivity contribution in [3.63, 3.8) is 0 Å². The van der Waals surface area contributed by atoms with Crippen molar-refractivity contribution in [1.29, 1.82) is 0 Å². The van der Waals surface area contributed by atoms with Crippen LogP contribution < -0.4 is 5.32 Å². The Balaban J connectivity index is 2.04. The van der Waals surface area contributed by atoms with Gasteiger partial charge in [-0.05, 0) is 44.3 Å². The van der Waals surface area contributed by atoms with E-state index in [0.29, 0.717) is 5.92 Å². The summed E-state index contributed by atoms with van der Waals surface area (Å²) in [6.45, 7) is 10.3. The minimum atomic E-state index is -0.0344. The fourth-order valence-electron chi connectivity index (χ4n) is 2.23. The van der Waals surface area contributed by atoms with E-state index in [9.17, 15) is 5.11 Å². The first-order valence-electron chi connectivity index (χ1n) is 6.35. The van der Waals surface area contributed by atoms with Crippen LogP contribution in [0.5, 0.6) is 0 Å². The van der Waals surface area contributed by atoms with E-state index in [1.165, 1.54) is 12.0 Å². The number of rotatable bonds is 8. The fourth-order valence-corrected chi connectivity index (χ4v) is 2.23. The third kappa shape index (κ3) is 5.10. The molecular weight excluding hydrogens is 200 g/mol. The standard InChI is InChI=1S/C13H26N2O/c1-4-5-14-8-11(2)9-15(3)10-12-6-13(16)7-12/h12-14,16H,2,4-10H2,1,3H3. The van der Waals surface area contributed by atoms with Crippen LogP contribution in [0, 0.1) is 5.92 Å². The number of nitrogens with zero attached hydrogens (tertiary/aromatic N) is 1. The van der Waals surface area contributed by atoms with Gasteiger partial charge in [0.1, 0.15) is 0 Å². The second-order valence-corrected chi connectivity index (χ2v) is 5.11. The van der Waals surface area contributed by atoms with Crippen LogP contribution in [-0.4, -0.2) is 49.3 Å². The fraction of sp³-hybridized carbons (Fsp3) is 0.846. The lowest BCUT2D eigenvalue weighted by molar-refractivity contribution is 0.0295. The normalized spacial score (nSPS) is 24.5. The lowest BCUT2D eigenvalue weighted by atomic mass is 9.82. The summed E-state index contributed by atoms with van der Waals surface area (Å²) in [5.74, 6) is 0.691. The topological polar surface area (TPSA) is 35.5 Å². The zero-order valence-electron chi connectivity index (χ0n) is 10.7. The smallest absolute Gasteiger partial charge is 0.0546 e. The molecule has 3 heteroatoms. The number of hydrogen-bond acceptors (Lipinski definition) is 3. The largest absolute Gasteiger partial charge is 0.393 e. The Kier molecular flexibility index (Phi) is 6.03. The molecule has 0 aromatic rings. The molecule has 1 saturated carbocycles. The second-order valence-electron chi connectivity index (χ2n) is 5.11. The van der Waals surface area contributed by atoms with Crippen molar-refractivity contribution in [2.45, 2.75) is 32.3 Å². The Bertz CT molecular complexity index is 212. The molecule has 2 N–H and O–H groups in total. The van der Waals surface area contributed by atoms with Crippen molar-refractivity contribution in [1.82, 2.24) is 10.2 Å². The van der Waals surface area contributed by atoms with Gasteiger partial charge in [-0.15, -0.1) is 0 Å². The molecule has 0 aliphatic heterocycles. The summed E-state index contributed by atoms with van der Waals surface area (Å²) in [4.78, 5) is 2.31. The van der Waals surface area contributed by atoms with Crippen LogP contribution in [0.2, 0.25) is 0 Å². The predicted octanol–water partition coefficient (Wildman–Crippen LogP) is 1.24. The molecule has 1 fully saturated rings. The maximum atomic E-state index is 9.21. The number of aliphatic hydroxyl groups excluding tert-OH is 1. The highest BCUT2D eigenvalue weighted by molar-refractivity contribution is 4.99. The molecule has 0 spiro atoms. The molecule has 1 aliphatic carbocycles. The predicted molar refractivity (Wildman–Crippen MR) is 68.5 cm³/mol. The monoisotopic (exact) mass is 226 g/mol. The zero-order valence-corrected chi connectivity index (χ0v) is 10.7. The Morgan fingerprint density at radius 2 is 2.19 bits per heavy atom. The van der Waals surface area contributed by atoms with Gasteiger partial charge in [0.05, 0.1) is 6.10 Å². The van der Waals surface area contributed by atoms with E-state index in [4.69, 9.17) is 0 Å². The number of nitrogens with one attached hydrogen (secondary N) is 1. The molecule has 1 aliphatic rings. The van der Waals surface area contributed by atoms with E-state index in [-0.39, 0.29) is 6.10 Å². The molecule has 16 heavy (non-hydrogen) atoms. The molecule has 94 valence electrons. The van der Waals surface area contributed by atoms with Crippen molar-refractivity contribution in [2.75, 3.05) is 33.2 Å². The molecule has 0 aromatic heterocycles. The molecule has 0 heterocycles. The van der Waals surface area contributed by atoms with Crippen LogP contribution >= 0.6 is 0 Å². The van der Waals surface area contributed by atoms with Gasteiger partial charge in [0.25, 0.3) is 0 Å². The summed E-state index contributed by atoms with van der Waals surface area (Å²) in [5.41, 5.74) is 1.25. The first-order valence-corrected chi connectivity index (χ1v) is 6.35. The number of aliphatic hydroxyl groups is 1. The lowest BCUT2D eigenvalue weighted by Crippen LogP contribution is -2.38. The lowest BCUT2D eigenvalue weighted by Gasteiger charge is -2.34. The second kappa shape index (κ2) is 7.05. The third-order valence-corrected chi connectivity index (χ3v) is 3.08. The van der Waals surface area contributed by atoms with Gasteiger partial charge in [-0.3, -0.25) is 0 Å². The SMILES string of the molecule is C=C(CNCCC)CN(C)CC1CC(O)C1. The van der Waals surface area contributed by atoms with Crippen molar-refractivity contribution in [3.8, 4) is 0 Å². The average molecular weight is 226 g/mol. The van der Waals surface area contributed by atoms with E-state index >= 15 is 0 Å². The van der Waals surface area contributed by atoms with Crippen molar-refractivity contribution >= 4 is 0 Å². The van der Waals surface area contributed by atoms with Crippen LogP contribution in [0.15, 0.2) is 12.2 Å². The van der Waals surface area contributed by atoms with Crippen LogP contribution in [0.3, 0.4) is 0 Å². The van der Waals surface area contributed by atoms with E-state index in [2.05, 4.69) is 30.8 Å². The van der Waals surface area contributed by atoms with Gasteiger partial charge in [-0.2, -0.15) is 0 Å². The van der Waals surface area contributed by atoms with E-state index < -0.39 is 0 Å². The summed E-state index contributed by atoms with van der Waals surface area (Å²) >= 11 is 0. The van der Waals surface area contributed by atoms with Gasteiger partial charge in [0.2, 0.25) is 0 Å². The van der Waals surface area contributed by atoms with Gasteiger partial charge in [0, 0.05) is 19.6 Å². The molecule has 0 unspecified atom stereocenters. The van der Waals surface area contributed by atoms with Crippen molar-refractivity contribution < 1.29 is 5.11 Å². The summed E-state index contributed by atoms with van der Waals surface area (Å²) < 4.78 is 0. The summed E-state index contributed by atoms with van der Waals surface area (Å²) in [7, 11) is 2.13. The van der Waals surface area contributed by atoms with Crippen LogP contribution in [0.25, 0.3) is 0 Å². The first kappa shape index (κ1) is 13.7. The van der Waals surface area contributed by atoms with Crippen LogP contribution in [0.4, 0.5) is 0 Å². The van der Waals surface area contributed by atoms with Crippen LogP contribution in [-0.2, 0) is 0 Å². The molecular formula is C13H26N2O. The quantitative estimate of drug-likeness (QED) is 0.483. The minimum Gasteiger partial charge on any atom is -0.393 e. The van der Waals surface area contributed by atoms with Crippen molar-refractivity contribution in [3.05, 3.63) is 12.2 Å². The molecule has 0 saturated heterocycles. The highest BCUT2D eigenvalue weighted by Gasteiger charge is 2.27. The maximum Gasteiger partial charge on any atom is 0.0546 e. The van der Waals surface area contributed by atoms with E-state index in [1.54, 1.807) is 0 Å². The Hall–Kier alpha value is -0.380. The Morgan fingerprint density at radius 3 is 2.75 bits per heavy atom. The molecule has 0 bridgehead atoms. The molecule has 0 atom stereocenters.